The van der Waals surface area contributed by atoms with Gasteiger partial charge in [0.25, 0.3) is 0 Å². The van der Waals surface area contributed by atoms with E-state index in [1.165, 1.54) is 6.08 Å². The van der Waals surface area contributed by atoms with Gasteiger partial charge in [0.05, 0.1) is 0 Å². The maximum Gasteiger partial charge on any atom is -0.0345 e. The number of hydrogen-bond acceptors (Lipinski definition) is 0. The molecule has 48 valence electrons. The van der Waals surface area contributed by atoms with Gasteiger partial charge in [0.15, 0.2) is 0 Å². The molecule has 0 aromatic rings. The normalized spacial score (nSPS) is 9.78. The van der Waals surface area contributed by atoms with Crippen molar-refractivity contribution in [3.63, 3.8) is 0 Å². The highest BCUT2D eigenvalue weighted by atomic mass is 13.8. The second kappa shape index (κ2) is 7.22. The summed E-state index contributed by atoms with van der Waals surface area (Å²) in [6.07, 6.45) is 10.2. The van der Waals surface area contributed by atoms with Crippen molar-refractivity contribution < 1.29 is 0 Å². The largest absolute Gasteiger partial charge is 0.0845 e. The second-order valence-electron chi connectivity index (χ2n) is 1.79. The van der Waals surface area contributed by atoms with E-state index < -0.39 is 0 Å². The third-order valence-electron chi connectivity index (χ3n) is 0.989. The summed E-state index contributed by atoms with van der Waals surface area (Å²) in [6, 6.07) is 0. The fourth-order valence-corrected chi connectivity index (χ4v) is 0.528. The highest BCUT2D eigenvalue weighted by Gasteiger charge is 1.76. The minimum absolute atomic E-state index is 0.981. The average molecular weight is 120 g/mol. The lowest BCUT2D eigenvalue weighted by Crippen LogP contribution is -1.66. The van der Waals surface area contributed by atoms with Gasteiger partial charge in [-0.3, -0.25) is 0 Å². The van der Waals surface area contributed by atoms with Crippen LogP contribution in [0.3, 0.4) is 0 Å². The van der Waals surface area contributed by atoms with Crippen LogP contribution < -0.4 is 0 Å². The van der Waals surface area contributed by atoms with E-state index in [0.29, 0.717) is 0 Å². The Bertz CT molecular complexity index is 98.6. The van der Waals surface area contributed by atoms with Crippen LogP contribution in [0.5, 0.6) is 0 Å². The molecule has 0 fully saturated rings. The van der Waals surface area contributed by atoms with E-state index in [0.717, 1.165) is 19.3 Å². The van der Waals surface area contributed by atoms with Crippen molar-refractivity contribution in [2.24, 2.45) is 0 Å². The van der Waals surface area contributed by atoms with Crippen LogP contribution >= 0.6 is 0 Å². The van der Waals surface area contributed by atoms with Crippen molar-refractivity contribution in [3.05, 3.63) is 37.5 Å². The monoisotopic (exact) mass is 120 g/mol. The van der Waals surface area contributed by atoms with Crippen molar-refractivity contribution in [3.8, 4) is 0 Å². The van der Waals surface area contributed by atoms with Gasteiger partial charge in [-0.25, -0.2) is 0 Å². The molecule has 0 aromatic carbocycles. The second-order valence-corrected chi connectivity index (χ2v) is 1.79. The van der Waals surface area contributed by atoms with Crippen LogP contribution in [-0.4, -0.2) is 0 Å². The van der Waals surface area contributed by atoms with Crippen molar-refractivity contribution in [1.82, 2.24) is 0 Å². The first-order valence-corrected chi connectivity index (χ1v) is 3.15. The summed E-state index contributed by atoms with van der Waals surface area (Å²) in [7, 11) is 0. The predicted molar refractivity (Wildman–Crippen MR) is 40.7 cm³/mol. The van der Waals surface area contributed by atoms with Crippen LogP contribution in [0.1, 0.15) is 19.3 Å². The number of rotatable bonds is 5. The van der Waals surface area contributed by atoms with Gasteiger partial charge in [-0.15, -0.1) is 0 Å². The first-order chi connectivity index (χ1) is 4.41. The van der Waals surface area contributed by atoms with Crippen molar-refractivity contribution in [1.29, 1.82) is 0 Å². The van der Waals surface area contributed by atoms with E-state index in [4.69, 9.17) is 13.2 Å². The zero-order chi connectivity index (χ0) is 6.95. The molecule has 0 aliphatic rings. The Kier molecular flexibility index (Phi) is 6.59. The summed E-state index contributed by atoms with van der Waals surface area (Å²) < 4.78 is 0. The maximum atomic E-state index is 5.16. The molecular formula is C9H12. The van der Waals surface area contributed by atoms with E-state index in [1.54, 1.807) is 6.08 Å². The van der Waals surface area contributed by atoms with Crippen LogP contribution in [0, 0.1) is 13.2 Å². The first-order valence-electron chi connectivity index (χ1n) is 3.15. The average Bonchev–Trinajstić information content (AvgIpc) is 1.89. The SMILES string of the molecule is [CH]=C/C=C/CCCC=[CH]. The van der Waals surface area contributed by atoms with Gasteiger partial charge >= 0.3 is 0 Å². The Balaban J connectivity index is 2.98. The summed E-state index contributed by atoms with van der Waals surface area (Å²) >= 11 is 0. The maximum absolute atomic E-state index is 5.16. The van der Waals surface area contributed by atoms with Crippen LogP contribution in [-0.2, 0) is 0 Å². The molecule has 0 nitrogen and oxygen atoms in total. The summed E-state index contributed by atoms with van der Waals surface area (Å²) in [5, 5.41) is 0. The fourth-order valence-electron chi connectivity index (χ4n) is 0.528. The number of allylic oxidation sites excluding steroid dienone is 4. The topological polar surface area (TPSA) is 0 Å². The van der Waals surface area contributed by atoms with E-state index in [-0.39, 0.29) is 0 Å². The van der Waals surface area contributed by atoms with Crippen LogP contribution in [0.2, 0.25) is 0 Å². The van der Waals surface area contributed by atoms with Crippen LogP contribution in [0.25, 0.3) is 0 Å². The fraction of sp³-hybridized carbons (Fsp3) is 0.333. The van der Waals surface area contributed by atoms with Crippen LogP contribution in [0.15, 0.2) is 24.3 Å². The lowest BCUT2D eigenvalue weighted by atomic mass is 10.2. The van der Waals surface area contributed by atoms with Gasteiger partial charge in [-0.2, -0.15) is 0 Å². The Labute approximate surface area is 57.6 Å². The highest BCUT2D eigenvalue weighted by molar-refractivity contribution is 4.95. The molecule has 0 amide bonds. The van der Waals surface area contributed by atoms with Gasteiger partial charge in [0.1, 0.15) is 0 Å². The molecule has 0 unspecified atom stereocenters. The van der Waals surface area contributed by atoms with Gasteiger partial charge < -0.3 is 0 Å². The zero-order valence-corrected chi connectivity index (χ0v) is 5.59. The highest BCUT2D eigenvalue weighted by Crippen LogP contribution is 1.95. The minimum Gasteiger partial charge on any atom is -0.0845 e. The Morgan fingerprint density at radius 3 is 2.44 bits per heavy atom. The molecule has 0 aliphatic carbocycles. The van der Waals surface area contributed by atoms with Gasteiger partial charge in [-0.05, 0) is 19.3 Å². The Hall–Kier alpha value is -0.780. The van der Waals surface area contributed by atoms with E-state index in [1.807, 2.05) is 12.2 Å². The molecular weight excluding hydrogens is 108 g/mol. The third kappa shape index (κ3) is 7.22. The molecule has 0 aliphatic heterocycles. The summed E-state index contributed by atoms with van der Waals surface area (Å²) in [5.41, 5.74) is 0. The summed E-state index contributed by atoms with van der Waals surface area (Å²) in [4.78, 5) is 0. The Morgan fingerprint density at radius 2 is 1.89 bits per heavy atom. The van der Waals surface area contributed by atoms with Gasteiger partial charge in [-0.1, -0.05) is 37.5 Å². The third-order valence-corrected chi connectivity index (χ3v) is 0.989. The zero-order valence-electron chi connectivity index (χ0n) is 5.59. The van der Waals surface area contributed by atoms with Crippen LogP contribution in [0.4, 0.5) is 0 Å². The molecule has 0 atom stereocenters. The molecule has 0 saturated carbocycles. The van der Waals surface area contributed by atoms with Gasteiger partial charge in [0.2, 0.25) is 0 Å². The smallest absolute Gasteiger partial charge is 0.0345 e. The number of unbranched alkanes of at least 4 members (excludes halogenated alkanes) is 2. The quantitative estimate of drug-likeness (QED) is 0.386. The molecule has 2 radical (unpaired) electrons. The summed E-state index contributed by atoms with van der Waals surface area (Å²) in [5.74, 6) is 0. The molecule has 9 heavy (non-hydrogen) atoms. The minimum atomic E-state index is 0.981. The van der Waals surface area contributed by atoms with Crippen molar-refractivity contribution in [2.45, 2.75) is 19.3 Å². The molecule has 0 heterocycles. The molecule has 0 bridgehead atoms. The Morgan fingerprint density at radius 1 is 1.11 bits per heavy atom. The van der Waals surface area contributed by atoms with E-state index in [2.05, 4.69) is 0 Å². The molecule has 0 rings (SSSR count). The predicted octanol–water partition coefficient (Wildman–Crippen LogP) is 2.69. The number of hydrogen-bond donors (Lipinski definition) is 0. The van der Waals surface area contributed by atoms with Crippen molar-refractivity contribution in [2.75, 3.05) is 0 Å². The van der Waals surface area contributed by atoms with E-state index in [9.17, 15) is 0 Å². The molecule has 0 aromatic heterocycles. The molecule has 0 heteroatoms. The van der Waals surface area contributed by atoms with Gasteiger partial charge in [0, 0.05) is 0 Å². The first kappa shape index (κ1) is 8.22. The standard InChI is InChI=1S/C9H12/c1-3-5-7-9-8-6-4-2/h1-5,7H,6,8-9H2/b3-1?,4-2?,7-5+. The van der Waals surface area contributed by atoms with Crippen molar-refractivity contribution >= 4 is 0 Å². The molecule has 0 saturated heterocycles. The van der Waals surface area contributed by atoms with E-state index >= 15 is 0 Å². The summed E-state index contributed by atoms with van der Waals surface area (Å²) in [6.45, 7) is 10.3. The lowest BCUT2D eigenvalue weighted by molar-refractivity contribution is 0.869. The lowest BCUT2D eigenvalue weighted by Gasteiger charge is -1.85. The molecule has 0 N–H and O–H groups in total. The molecule has 0 spiro atoms.